The zero-order valence-electron chi connectivity index (χ0n) is 18.9. The van der Waals surface area contributed by atoms with Crippen LogP contribution in [0.3, 0.4) is 0 Å². The summed E-state index contributed by atoms with van der Waals surface area (Å²) in [6.45, 7) is 9.09. The summed E-state index contributed by atoms with van der Waals surface area (Å²) in [7, 11) is 0. The third-order valence-electron chi connectivity index (χ3n) is 6.82. The number of ether oxygens (including phenoxy) is 1. The van der Waals surface area contributed by atoms with Crippen LogP contribution in [-0.4, -0.2) is 60.5 Å². The van der Waals surface area contributed by atoms with Gasteiger partial charge in [-0.15, -0.1) is 5.10 Å². The van der Waals surface area contributed by atoms with E-state index in [0.29, 0.717) is 35.9 Å². The van der Waals surface area contributed by atoms with Crippen molar-refractivity contribution in [3.63, 3.8) is 0 Å². The molecule has 0 spiro atoms. The minimum Gasteiger partial charge on any atom is -0.378 e. The number of fused-ring (bicyclic) bond motifs is 2. The highest BCUT2D eigenvalue weighted by atomic mass is 19.1. The fourth-order valence-corrected chi connectivity index (χ4v) is 4.80. The lowest BCUT2D eigenvalue weighted by Crippen LogP contribution is -2.58. The Morgan fingerprint density at radius 3 is 2.91 bits per heavy atom. The molecule has 5 rings (SSSR count). The number of hydrogen-bond donors (Lipinski definition) is 1. The number of benzene rings is 2. The summed E-state index contributed by atoms with van der Waals surface area (Å²) in [6.07, 6.45) is 0. The lowest BCUT2D eigenvalue weighted by atomic mass is 10.0. The molecular formula is C25H27FN6O. The first-order chi connectivity index (χ1) is 16.0. The van der Waals surface area contributed by atoms with Crippen molar-refractivity contribution in [1.82, 2.24) is 15.1 Å². The largest absolute Gasteiger partial charge is 0.378 e. The maximum Gasteiger partial charge on any atom is 0.156 e. The van der Waals surface area contributed by atoms with Crippen LogP contribution in [-0.2, 0) is 11.3 Å². The molecule has 0 saturated carbocycles. The standard InChI is InChI=1S/C25H27FN6O/c1-16-18(12-27)4-3-5-19(16)13-28-25-22-11-24(23(26)10-21(22)17(2)29-30-25)32-7-6-31-8-9-33-15-20(31)14-32/h3-5,10-11,20H,6-9,13-15H2,1-2H3,(H,28,30). The van der Waals surface area contributed by atoms with Crippen molar-refractivity contribution in [3.05, 3.63) is 58.5 Å². The molecule has 0 bridgehead atoms. The van der Waals surface area contributed by atoms with Gasteiger partial charge in [0.1, 0.15) is 5.82 Å². The van der Waals surface area contributed by atoms with Crippen molar-refractivity contribution in [3.8, 4) is 6.07 Å². The third kappa shape index (κ3) is 4.10. The Balaban J connectivity index is 1.46. The molecule has 8 heteroatoms. The number of aryl methyl sites for hydroxylation is 1. The summed E-state index contributed by atoms with van der Waals surface area (Å²) in [5, 5.41) is 22.9. The summed E-state index contributed by atoms with van der Waals surface area (Å²) in [4.78, 5) is 4.55. The molecule has 0 aliphatic carbocycles. The minimum absolute atomic E-state index is 0.243. The monoisotopic (exact) mass is 446 g/mol. The topological polar surface area (TPSA) is 77.3 Å². The molecule has 33 heavy (non-hydrogen) atoms. The maximum absolute atomic E-state index is 15.2. The molecule has 2 aliphatic heterocycles. The number of morpholine rings is 1. The number of aromatic nitrogens is 2. The van der Waals surface area contributed by atoms with E-state index in [-0.39, 0.29) is 11.9 Å². The van der Waals surface area contributed by atoms with Gasteiger partial charge in [0.05, 0.1) is 42.3 Å². The molecule has 1 unspecified atom stereocenters. The van der Waals surface area contributed by atoms with Crippen molar-refractivity contribution >= 4 is 22.3 Å². The highest BCUT2D eigenvalue weighted by molar-refractivity contribution is 5.95. The summed E-state index contributed by atoms with van der Waals surface area (Å²) < 4.78 is 20.9. The van der Waals surface area contributed by atoms with Crippen molar-refractivity contribution in [2.45, 2.75) is 26.4 Å². The molecule has 3 aromatic rings. The van der Waals surface area contributed by atoms with E-state index in [1.807, 2.05) is 38.1 Å². The van der Waals surface area contributed by atoms with E-state index in [1.165, 1.54) is 0 Å². The van der Waals surface area contributed by atoms with Gasteiger partial charge >= 0.3 is 0 Å². The van der Waals surface area contributed by atoms with Gasteiger partial charge in [-0.1, -0.05) is 12.1 Å². The first-order valence-electron chi connectivity index (χ1n) is 11.3. The average Bonchev–Trinajstić information content (AvgIpc) is 2.84. The molecule has 1 aromatic heterocycles. The maximum atomic E-state index is 15.2. The van der Waals surface area contributed by atoms with Crippen molar-refractivity contribution < 1.29 is 9.13 Å². The lowest BCUT2D eigenvalue weighted by Gasteiger charge is -2.44. The highest BCUT2D eigenvalue weighted by Gasteiger charge is 2.31. The van der Waals surface area contributed by atoms with Crippen LogP contribution in [0.25, 0.3) is 10.8 Å². The number of hydrogen-bond acceptors (Lipinski definition) is 7. The second-order valence-electron chi connectivity index (χ2n) is 8.75. The molecule has 1 N–H and O–H groups in total. The molecular weight excluding hydrogens is 419 g/mol. The first kappa shape index (κ1) is 21.6. The van der Waals surface area contributed by atoms with E-state index in [0.717, 1.165) is 54.7 Å². The van der Waals surface area contributed by atoms with Gasteiger partial charge in [-0.3, -0.25) is 4.90 Å². The molecule has 2 aromatic carbocycles. The number of anilines is 2. The van der Waals surface area contributed by atoms with E-state index in [1.54, 1.807) is 6.07 Å². The van der Waals surface area contributed by atoms with E-state index < -0.39 is 0 Å². The SMILES string of the molecule is Cc1c(C#N)cccc1CNc1nnc(C)c2cc(F)c(N3CCN4CCOCC4C3)cc12. The number of nitriles is 1. The Kier molecular flexibility index (Phi) is 5.83. The molecule has 1 atom stereocenters. The van der Waals surface area contributed by atoms with Crippen LogP contribution in [0.4, 0.5) is 15.9 Å². The van der Waals surface area contributed by atoms with E-state index in [2.05, 4.69) is 31.4 Å². The quantitative estimate of drug-likeness (QED) is 0.658. The van der Waals surface area contributed by atoms with Crippen molar-refractivity contribution in [1.29, 1.82) is 5.26 Å². The number of nitrogens with zero attached hydrogens (tertiary/aromatic N) is 5. The van der Waals surface area contributed by atoms with Gasteiger partial charge in [0.25, 0.3) is 0 Å². The van der Waals surface area contributed by atoms with Crippen LogP contribution >= 0.6 is 0 Å². The van der Waals surface area contributed by atoms with E-state index >= 15 is 4.39 Å². The smallest absolute Gasteiger partial charge is 0.156 e. The summed E-state index contributed by atoms with van der Waals surface area (Å²) in [5.74, 6) is 0.366. The van der Waals surface area contributed by atoms with Gasteiger partial charge in [-0.2, -0.15) is 10.4 Å². The summed E-state index contributed by atoms with van der Waals surface area (Å²) >= 11 is 0. The normalized spacial score (nSPS) is 18.7. The molecule has 170 valence electrons. The Morgan fingerprint density at radius 1 is 1.18 bits per heavy atom. The molecule has 2 aliphatic rings. The zero-order valence-corrected chi connectivity index (χ0v) is 18.9. The van der Waals surface area contributed by atoms with E-state index in [9.17, 15) is 5.26 Å². The van der Waals surface area contributed by atoms with Gasteiger partial charge in [0, 0.05) is 43.5 Å². The van der Waals surface area contributed by atoms with Gasteiger partial charge in [0.2, 0.25) is 0 Å². The van der Waals surface area contributed by atoms with Crippen LogP contribution < -0.4 is 10.2 Å². The highest BCUT2D eigenvalue weighted by Crippen LogP contribution is 2.32. The molecule has 3 heterocycles. The molecule has 0 radical (unpaired) electrons. The fraction of sp³-hybridized carbons (Fsp3) is 0.400. The van der Waals surface area contributed by atoms with Crippen molar-refractivity contribution in [2.75, 3.05) is 49.6 Å². The lowest BCUT2D eigenvalue weighted by molar-refractivity contribution is -0.0117. The van der Waals surface area contributed by atoms with Gasteiger partial charge in [0.15, 0.2) is 5.82 Å². The minimum atomic E-state index is -0.243. The predicted octanol–water partition coefficient (Wildman–Crippen LogP) is 3.39. The number of piperazine rings is 1. The Bertz CT molecular complexity index is 1240. The van der Waals surface area contributed by atoms with Crippen LogP contribution in [0.1, 0.15) is 22.4 Å². The van der Waals surface area contributed by atoms with Crippen LogP contribution in [0.2, 0.25) is 0 Å². The van der Waals surface area contributed by atoms with Gasteiger partial charge < -0.3 is 15.0 Å². The Morgan fingerprint density at radius 2 is 2.06 bits per heavy atom. The second kappa shape index (κ2) is 8.93. The second-order valence-corrected chi connectivity index (χ2v) is 8.75. The molecule has 7 nitrogen and oxygen atoms in total. The predicted molar refractivity (Wildman–Crippen MR) is 126 cm³/mol. The molecule has 2 saturated heterocycles. The average molecular weight is 447 g/mol. The zero-order chi connectivity index (χ0) is 22.9. The molecule has 2 fully saturated rings. The Labute approximate surface area is 192 Å². The third-order valence-corrected chi connectivity index (χ3v) is 6.82. The molecule has 0 amide bonds. The van der Waals surface area contributed by atoms with E-state index in [4.69, 9.17) is 4.74 Å². The van der Waals surface area contributed by atoms with Crippen molar-refractivity contribution in [2.24, 2.45) is 0 Å². The summed E-state index contributed by atoms with van der Waals surface area (Å²) in [5.41, 5.74) is 3.89. The van der Waals surface area contributed by atoms with Crippen LogP contribution in [0, 0.1) is 31.0 Å². The van der Waals surface area contributed by atoms with Crippen LogP contribution in [0.5, 0.6) is 0 Å². The van der Waals surface area contributed by atoms with Gasteiger partial charge in [-0.05, 0) is 43.2 Å². The number of rotatable bonds is 4. The van der Waals surface area contributed by atoms with Crippen LogP contribution in [0.15, 0.2) is 30.3 Å². The Hall–Kier alpha value is -3.28. The summed E-state index contributed by atoms with van der Waals surface area (Å²) in [6, 6.07) is 11.7. The fourth-order valence-electron chi connectivity index (χ4n) is 4.80. The number of nitrogens with one attached hydrogen (secondary N) is 1. The number of halogens is 1. The van der Waals surface area contributed by atoms with Gasteiger partial charge in [-0.25, -0.2) is 4.39 Å². The first-order valence-corrected chi connectivity index (χ1v) is 11.3.